The molecule has 5 aromatic heterocycles. The molecule has 12 aromatic rings. The monoisotopic (exact) mass is 847 g/mol. The van der Waals surface area contributed by atoms with Crippen LogP contribution in [0, 0.1) is 6.92 Å². The minimum Gasteiger partial charge on any atom is -0.313 e. The third kappa shape index (κ3) is 5.73. The van der Waals surface area contributed by atoms with Crippen molar-refractivity contribution in [2.75, 3.05) is 0 Å². The van der Waals surface area contributed by atoms with E-state index in [2.05, 4.69) is 220 Å². The van der Waals surface area contributed by atoms with Gasteiger partial charge < -0.3 is 9.13 Å². The van der Waals surface area contributed by atoms with Crippen molar-refractivity contribution in [3.05, 3.63) is 223 Å². The van der Waals surface area contributed by atoms with Crippen LogP contribution in [0.3, 0.4) is 0 Å². The molecule has 7 heteroatoms. The first-order valence-corrected chi connectivity index (χ1v) is 22.4. The molecule has 7 nitrogen and oxygen atoms in total. The highest BCUT2D eigenvalue weighted by atomic mass is 15.3. The van der Waals surface area contributed by atoms with Crippen LogP contribution in [0.4, 0.5) is 0 Å². The fourth-order valence-corrected chi connectivity index (χ4v) is 10.3. The van der Waals surface area contributed by atoms with Gasteiger partial charge in [-0.05, 0) is 73.2 Å². The van der Waals surface area contributed by atoms with E-state index < -0.39 is 0 Å². The fourth-order valence-electron chi connectivity index (χ4n) is 10.3. The van der Waals surface area contributed by atoms with Gasteiger partial charge in [0, 0.05) is 66.9 Å². The van der Waals surface area contributed by atoms with Crippen LogP contribution in [0.1, 0.15) is 22.5 Å². The summed E-state index contributed by atoms with van der Waals surface area (Å²) in [5.41, 5.74) is 13.9. The molecule has 5 heterocycles. The first-order chi connectivity index (χ1) is 32.6. The van der Waals surface area contributed by atoms with Gasteiger partial charge in [0.25, 0.3) is 0 Å². The van der Waals surface area contributed by atoms with Gasteiger partial charge >= 0.3 is 0 Å². The number of aromatic nitrogens is 7. The Labute approximate surface area is 380 Å². The first-order valence-electron chi connectivity index (χ1n) is 22.4. The summed E-state index contributed by atoms with van der Waals surface area (Å²) in [6.07, 6.45) is 13.9. The summed E-state index contributed by atoms with van der Waals surface area (Å²) in [5.74, 6) is 1.64. The van der Waals surface area contributed by atoms with Crippen molar-refractivity contribution in [1.29, 1.82) is 0 Å². The SMILES string of the molecule is C=C(/C=C\c1c(C)c2ccccc2n1-c1nc(-c2ccccc2)nc(-n2c3ccccc3c3cc(-n4c5c(c6ccccc64)C=CC=CC5)ccc32)n1)n1c2ccccc2c2ccccc21. The molecule has 0 saturated carbocycles. The Balaban J connectivity index is 1.02. The van der Waals surface area contributed by atoms with E-state index in [0.717, 1.165) is 78.4 Å². The number of hydrogen-bond acceptors (Lipinski definition) is 3. The number of para-hydroxylation sites is 5. The van der Waals surface area contributed by atoms with Gasteiger partial charge in [-0.2, -0.15) is 15.0 Å². The molecule has 0 spiro atoms. The van der Waals surface area contributed by atoms with Crippen molar-refractivity contribution >= 4 is 83.3 Å². The predicted octanol–water partition coefficient (Wildman–Crippen LogP) is 14.2. The Bertz CT molecular complexity index is 4000. The minimum absolute atomic E-state index is 0.524. The summed E-state index contributed by atoms with van der Waals surface area (Å²) in [6.45, 7) is 6.81. The zero-order chi connectivity index (χ0) is 43.9. The van der Waals surface area contributed by atoms with Crippen LogP contribution in [0.15, 0.2) is 201 Å². The van der Waals surface area contributed by atoms with Crippen LogP contribution in [0.2, 0.25) is 0 Å². The molecule has 0 N–H and O–H groups in total. The first kappa shape index (κ1) is 37.7. The predicted molar refractivity (Wildman–Crippen MR) is 274 cm³/mol. The lowest BCUT2D eigenvalue weighted by Gasteiger charge is -2.14. The van der Waals surface area contributed by atoms with Crippen molar-refractivity contribution in [1.82, 2.24) is 33.2 Å². The molecule has 0 fully saturated rings. The Morgan fingerprint density at radius 3 is 1.76 bits per heavy atom. The molecule has 1 aliphatic rings. The average molecular weight is 848 g/mol. The topological polar surface area (TPSA) is 58.4 Å². The molecular formula is C59H41N7. The lowest BCUT2D eigenvalue weighted by atomic mass is 10.1. The highest BCUT2D eigenvalue weighted by Crippen LogP contribution is 2.38. The molecule has 0 radical (unpaired) electrons. The van der Waals surface area contributed by atoms with Gasteiger partial charge in [-0.3, -0.25) is 9.13 Å². The maximum atomic E-state index is 5.46. The van der Waals surface area contributed by atoms with Crippen LogP contribution >= 0.6 is 0 Å². The third-order valence-electron chi connectivity index (χ3n) is 13.3. The lowest BCUT2D eigenvalue weighted by Crippen LogP contribution is -2.11. The van der Waals surface area contributed by atoms with Crippen molar-refractivity contribution in [3.8, 4) is 29.0 Å². The number of hydrogen-bond donors (Lipinski definition) is 0. The van der Waals surface area contributed by atoms with Gasteiger partial charge in [0.05, 0.1) is 38.8 Å². The van der Waals surface area contributed by atoms with Crippen LogP contribution in [0.5, 0.6) is 0 Å². The van der Waals surface area contributed by atoms with Gasteiger partial charge in [0.1, 0.15) is 0 Å². The van der Waals surface area contributed by atoms with E-state index in [1.165, 1.54) is 32.9 Å². The maximum absolute atomic E-state index is 5.46. The van der Waals surface area contributed by atoms with Crippen LogP contribution in [-0.2, 0) is 6.42 Å². The average Bonchev–Trinajstić information content (AvgIpc) is 4.01. The number of nitrogens with zero attached hydrogens (tertiary/aromatic N) is 7. The lowest BCUT2D eigenvalue weighted by molar-refractivity contribution is 0.875. The quantitative estimate of drug-likeness (QED) is 0.150. The van der Waals surface area contributed by atoms with Crippen molar-refractivity contribution in [3.63, 3.8) is 0 Å². The molecule has 66 heavy (non-hydrogen) atoms. The van der Waals surface area contributed by atoms with Crippen molar-refractivity contribution in [2.24, 2.45) is 0 Å². The van der Waals surface area contributed by atoms with Gasteiger partial charge in [0.15, 0.2) is 5.82 Å². The van der Waals surface area contributed by atoms with E-state index in [0.29, 0.717) is 17.7 Å². The van der Waals surface area contributed by atoms with Crippen molar-refractivity contribution < 1.29 is 0 Å². The van der Waals surface area contributed by atoms with Crippen LogP contribution < -0.4 is 0 Å². The maximum Gasteiger partial charge on any atom is 0.240 e. The number of fused-ring (bicyclic) bond motifs is 10. The summed E-state index contributed by atoms with van der Waals surface area (Å²) < 4.78 is 9.05. The Hall–Kier alpha value is -8.81. The summed E-state index contributed by atoms with van der Waals surface area (Å²) in [5, 5.41) is 7.00. The molecule has 0 bridgehead atoms. The highest BCUT2D eigenvalue weighted by Gasteiger charge is 2.23. The normalized spacial score (nSPS) is 12.7. The Morgan fingerprint density at radius 2 is 1.06 bits per heavy atom. The van der Waals surface area contributed by atoms with Gasteiger partial charge in [0.2, 0.25) is 11.9 Å². The number of aryl methyl sites for hydroxylation is 1. The second kappa shape index (κ2) is 14.9. The zero-order valence-corrected chi connectivity index (χ0v) is 36.2. The molecule has 0 unspecified atom stereocenters. The van der Waals surface area contributed by atoms with Gasteiger partial charge in [-0.25, -0.2) is 0 Å². The fraction of sp³-hybridized carbons (Fsp3) is 0.0339. The number of allylic oxidation sites excluding steroid dienone is 5. The third-order valence-corrected chi connectivity index (χ3v) is 13.3. The summed E-state index contributed by atoms with van der Waals surface area (Å²) in [6, 6.07) is 59.8. The molecule has 0 saturated heterocycles. The zero-order valence-electron chi connectivity index (χ0n) is 36.2. The largest absolute Gasteiger partial charge is 0.313 e. The summed E-state index contributed by atoms with van der Waals surface area (Å²) in [4.78, 5) is 16.1. The van der Waals surface area contributed by atoms with E-state index in [1.807, 2.05) is 18.2 Å². The molecular weight excluding hydrogens is 807 g/mol. The Kier molecular flexibility index (Phi) is 8.51. The van der Waals surface area contributed by atoms with E-state index in [1.54, 1.807) is 0 Å². The van der Waals surface area contributed by atoms with E-state index in [9.17, 15) is 0 Å². The summed E-state index contributed by atoms with van der Waals surface area (Å²) >= 11 is 0. The van der Waals surface area contributed by atoms with Crippen molar-refractivity contribution in [2.45, 2.75) is 13.3 Å². The van der Waals surface area contributed by atoms with E-state index in [4.69, 9.17) is 15.0 Å². The number of benzene rings is 7. The molecule has 13 rings (SSSR count). The van der Waals surface area contributed by atoms with Gasteiger partial charge in [-0.15, -0.1) is 0 Å². The number of rotatable bonds is 7. The molecule has 0 aliphatic heterocycles. The standard InChI is InChI=1S/C59H41N7/c1-38(63-51-29-15-10-23-43(51)44-24-11-16-30-52(44)63)33-35-49-39(2)42-21-9-14-28-50(42)65(49)58-60-57(40-19-5-3-6-20-40)61-59(62-58)66-55-32-18-13-26-47(55)48-37-41(34-36-56(48)66)64-53-27-8-4-7-22-45(53)46-25-12-17-31-54(46)64/h3-26,28-37H,1,27H2,2H3/b35-33-. The Morgan fingerprint density at radius 1 is 0.515 bits per heavy atom. The van der Waals surface area contributed by atoms with Crippen LogP contribution in [0.25, 0.3) is 112 Å². The molecule has 0 atom stereocenters. The molecule has 1 aliphatic carbocycles. The second-order valence-corrected chi connectivity index (χ2v) is 16.9. The van der Waals surface area contributed by atoms with Crippen LogP contribution in [-0.4, -0.2) is 33.2 Å². The summed E-state index contributed by atoms with van der Waals surface area (Å²) in [7, 11) is 0. The molecule has 0 amide bonds. The van der Waals surface area contributed by atoms with Gasteiger partial charge in [-0.1, -0.05) is 152 Å². The molecule has 312 valence electrons. The highest BCUT2D eigenvalue weighted by molar-refractivity contribution is 6.11. The second-order valence-electron chi connectivity index (χ2n) is 16.9. The molecule has 7 aromatic carbocycles. The van der Waals surface area contributed by atoms with E-state index in [-0.39, 0.29) is 0 Å². The van der Waals surface area contributed by atoms with E-state index >= 15 is 0 Å². The smallest absolute Gasteiger partial charge is 0.240 e. The minimum atomic E-state index is 0.524.